The van der Waals surface area contributed by atoms with Crippen molar-refractivity contribution in [2.45, 2.75) is 6.54 Å². The summed E-state index contributed by atoms with van der Waals surface area (Å²) in [5, 5.41) is 3.19. The molecule has 0 spiro atoms. The molecule has 90 valence electrons. The van der Waals surface area contributed by atoms with Crippen LogP contribution in [0.4, 0.5) is 0 Å². The molecule has 0 aromatic carbocycles. The summed E-state index contributed by atoms with van der Waals surface area (Å²) in [5.41, 5.74) is 2.54. The van der Waals surface area contributed by atoms with E-state index in [2.05, 4.69) is 15.3 Å². The molecule has 0 fully saturated rings. The predicted molar refractivity (Wildman–Crippen MR) is 69.8 cm³/mol. The second-order valence-corrected chi connectivity index (χ2v) is 4.31. The van der Waals surface area contributed by atoms with Crippen molar-refractivity contribution in [3.05, 3.63) is 45.6 Å². The van der Waals surface area contributed by atoms with Crippen molar-refractivity contribution in [2.24, 2.45) is 0 Å². The van der Waals surface area contributed by atoms with Crippen molar-refractivity contribution in [3.63, 3.8) is 0 Å². The Morgan fingerprint density at radius 1 is 1.53 bits per heavy atom. The number of amides is 1. The molecule has 0 aliphatic carbocycles. The van der Waals surface area contributed by atoms with Gasteiger partial charge >= 0.3 is 0 Å². The topological polar surface area (TPSA) is 54.9 Å². The minimum atomic E-state index is -0.129. The predicted octanol–water partition coefficient (Wildman–Crippen LogP) is 2.54. The van der Waals surface area contributed by atoms with Gasteiger partial charge in [-0.25, -0.2) is 4.98 Å². The van der Waals surface area contributed by atoms with Crippen LogP contribution in [0.3, 0.4) is 0 Å². The number of rotatable bonds is 3. The van der Waals surface area contributed by atoms with Gasteiger partial charge in [0.05, 0.1) is 11.7 Å². The number of nitrogens with zero attached hydrogens (tertiary/aromatic N) is 2. The second kappa shape index (κ2) is 6.54. The van der Waals surface area contributed by atoms with Crippen molar-refractivity contribution in [1.82, 2.24) is 15.3 Å². The van der Waals surface area contributed by atoms with E-state index in [1.54, 1.807) is 30.0 Å². The van der Waals surface area contributed by atoms with Gasteiger partial charge in [-0.1, -0.05) is 11.6 Å². The van der Waals surface area contributed by atoms with Gasteiger partial charge in [-0.15, -0.1) is 23.7 Å². The molecule has 17 heavy (non-hydrogen) atoms. The Kier molecular flexibility index (Phi) is 5.34. The van der Waals surface area contributed by atoms with E-state index < -0.39 is 0 Å². The minimum Gasteiger partial charge on any atom is -0.347 e. The Morgan fingerprint density at radius 3 is 3.00 bits per heavy atom. The van der Waals surface area contributed by atoms with Crippen LogP contribution >= 0.6 is 35.3 Å². The normalized spacial score (nSPS) is 9.47. The lowest BCUT2D eigenvalue weighted by Crippen LogP contribution is -2.21. The summed E-state index contributed by atoms with van der Waals surface area (Å²) in [7, 11) is 0. The van der Waals surface area contributed by atoms with E-state index in [-0.39, 0.29) is 18.3 Å². The first-order chi connectivity index (χ1) is 7.75. The van der Waals surface area contributed by atoms with Crippen molar-refractivity contribution in [1.29, 1.82) is 0 Å². The van der Waals surface area contributed by atoms with Crippen molar-refractivity contribution in [3.8, 4) is 0 Å². The maximum Gasteiger partial charge on any atom is 0.263 e. The van der Waals surface area contributed by atoms with Crippen LogP contribution in [0.25, 0.3) is 0 Å². The lowest BCUT2D eigenvalue weighted by molar-refractivity contribution is 0.0955. The molecule has 2 aromatic heterocycles. The maximum absolute atomic E-state index is 11.6. The third-order valence-electron chi connectivity index (χ3n) is 1.90. The molecule has 0 bridgehead atoms. The zero-order valence-electron chi connectivity index (χ0n) is 8.59. The fourth-order valence-corrected chi connectivity index (χ4v) is 1.88. The van der Waals surface area contributed by atoms with E-state index in [0.29, 0.717) is 16.6 Å². The average molecular weight is 290 g/mol. The Bertz CT molecular complexity index is 490. The van der Waals surface area contributed by atoms with Crippen LogP contribution in [0.15, 0.2) is 30.0 Å². The zero-order valence-corrected chi connectivity index (χ0v) is 11.0. The Balaban J connectivity index is 0.00000144. The molecule has 0 saturated heterocycles. The minimum absolute atomic E-state index is 0. The molecular formula is C10H9Cl2N3OS. The maximum atomic E-state index is 11.6. The number of halogens is 2. The van der Waals surface area contributed by atoms with Gasteiger partial charge in [0.15, 0.2) is 0 Å². The molecule has 0 aliphatic heterocycles. The highest BCUT2D eigenvalue weighted by Gasteiger charge is 2.06. The highest BCUT2D eigenvalue weighted by molar-refractivity contribution is 7.11. The highest BCUT2D eigenvalue weighted by atomic mass is 35.5. The Hall–Kier alpha value is -1.17. The van der Waals surface area contributed by atoms with E-state index in [9.17, 15) is 4.79 Å². The first-order valence-corrected chi connectivity index (χ1v) is 5.78. The van der Waals surface area contributed by atoms with Crippen molar-refractivity contribution >= 4 is 41.3 Å². The standard InChI is InChI=1S/C10H8ClN3OS.ClH/c11-9-3-7(1-2-13-9)4-14-10(15)8-5-12-6-16-8;/h1-3,5-6H,4H2,(H,14,15);1H. The van der Waals surface area contributed by atoms with Crippen LogP contribution in [0.1, 0.15) is 15.2 Å². The van der Waals surface area contributed by atoms with Gasteiger partial charge in [0.25, 0.3) is 5.91 Å². The van der Waals surface area contributed by atoms with E-state index in [1.807, 2.05) is 0 Å². The summed E-state index contributed by atoms with van der Waals surface area (Å²) in [6, 6.07) is 3.52. The van der Waals surface area contributed by atoms with Crippen molar-refractivity contribution < 1.29 is 4.79 Å². The molecule has 1 amide bonds. The SMILES string of the molecule is Cl.O=C(NCc1ccnc(Cl)c1)c1cncs1. The lowest BCUT2D eigenvalue weighted by Gasteiger charge is -2.03. The first kappa shape index (κ1) is 13.9. The van der Waals surface area contributed by atoms with Crippen LogP contribution in [0.5, 0.6) is 0 Å². The molecule has 2 rings (SSSR count). The molecule has 7 heteroatoms. The summed E-state index contributed by atoms with van der Waals surface area (Å²) < 4.78 is 0. The average Bonchev–Trinajstić information content (AvgIpc) is 2.79. The highest BCUT2D eigenvalue weighted by Crippen LogP contribution is 2.08. The number of hydrogen-bond acceptors (Lipinski definition) is 4. The fraction of sp³-hybridized carbons (Fsp3) is 0.100. The smallest absolute Gasteiger partial charge is 0.263 e. The van der Waals surface area contributed by atoms with Crippen LogP contribution in [0.2, 0.25) is 5.15 Å². The van der Waals surface area contributed by atoms with Gasteiger partial charge in [-0.2, -0.15) is 0 Å². The number of nitrogens with one attached hydrogen (secondary N) is 1. The first-order valence-electron chi connectivity index (χ1n) is 4.53. The molecule has 2 aromatic rings. The van der Waals surface area contributed by atoms with E-state index in [0.717, 1.165) is 5.56 Å². The third kappa shape index (κ3) is 3.96. The van der Waals surface area contributed by atoms with Gasteiger partial charge in [0, 0.05) is 12.7 Å². The van der Waals surface area contributed by atoms with Crippen LogP contribution in [0, 0.1) is 0 Å². The monoisotopic (exact) mass is 289 g/mol. The molecule has 0 aliphatic rings. The quantitative estimate of drug-likeness (QED) is 0.884. The van der Waals surface area contributed by atoms with Gasteiger partial charge in [0.2, 0.25) is 0 Å². The number of carbonyl (C=O) groups excluding carboxylic acids is 1. The third-order valence-corrected chi connectivity index (χ3v) is 2.88. The van der Waals surface area contributed by atoms with Crippen molar-refractivity contribution in [2.75, 3.05) is 0 Å². The molecule has 0 saturated carbocycles. The fourth-order valence-electron chi connectivity index (χ4n) is 1.15. The zero-order chi connectivity index (χ0) is 11.4. The number of thiazole rings is 1. The molecule has 2 heterocycles. The van der Waals surface area contributed by atoms with Crippen LogP contribution in [-0.4, -0.2) is 15.9 Å². The number of carbonyl (C=O) groups is 1. The summed E-state index contributed by atoms with van der Waals surface area (Å²) in [5.74, 6) is -0.129. The van der Waals surface area contributed by atoms with E-state index in [1.165, 1.54) is 11.3 Å². The van der Waals surface area contributed by atoms with Gasteiger partial charge in [0.1, 0.15) is 10.0 Å². The summed E-state index contributed by atoms with van der Waals surface area (Å²) in [6.07, 6.45) is 3.15. The summed E-state index contributed by atoms with van der Waals surface area (Å²) in [4.78, 5) is 19.9. The molecule has 0 atom stereocenters. The Morgan fingerprint density at radius 2 is 2.35 bits per heavy atom. The number of hydrogen-bond donors (Lipinski definition) is 1. The molecular weight excluding hydrogens is 281 g/mol. The molecule has 4 nitrogen and oxygen atoms in total. The molecule has 1 N–H and O–H groups in total. The molecule has 0 radical (unpaired) electrons. The second-order valence-electron chi connectivity index (χ2n) is 3.04. The summed E-state index contributed by atoms with van der Waals surface area (Å²) >= 11 is 7.04. The largest absolute Gasteiger partial charge is 0.347 e. The lowest BCUT2D eigenvalue weighted by atomic mass is 10.3. The van der Waals surface area contributed by atoms with E-state index in [4.69, 9.17) is 11.6 Å². The number of aromatic nitrogens is 2. The van der Waals surface area contributed by atoms with E-state index >= 15 is 0 Å². The summed E-state index contributed by atoms with van der Waals surface area (Å²) in [6.45, 7) is 0.430. The Labute approximate surface area is 113 Å². The van der Waals surface area contributed by atoms with Gasteiger partial charge < -0.3 is 5.32 Å². The van der Waals surface area contributed by atoms with Crippen LogP contribution < -0.4 is 5.32 Å². The van der Waals surface area contributed by atoms with Crippen LogP contribution in [-0.2, 0) is 6.54 Å². The molecule has 0 unspecified atom stereocenters. The number of pyridine rings is 1. The van der Waals surface area contributed by atoms with Gasteiger partial charge in [-0.3, -0.25) is 9.78 Å². The van der Waals surface area contributed by atoms with Gasteiger partial charge in [-0.05, 0) is 17.7 Å².